The molecule has 1 amide bonds. The fourth-order valence-corrected chi connectivity index (χ4v) is 4.67. The van der Waals surface area contributed by atoms with Crippen molar-refractivity contribution in [2.75, 3.05) is 25.5 Å². The summed E-state index contributed by atoms with van der Waals surface area (Å²) in [7, 11) is 1.50. The number of ether oxygens (including phenoxy) is 1. The number of aromatic nitrogens is 3. The Kier molecular flexibility index (Phi) is 5.86. The molecule has 1 aliphatic rings. The van der Waals surface area contributed by atoms with E-state index in [0.717, 1.165) is 17.8 Å². The van der Waals surface area contributed by atoms with E-state index in [1.165, 1.54) is 35.5 Å². The van der Waals surface area contributed by atoms with Crippen molar-refractivity contribution in [1.82, 2.24) is 19.9 Å². The molecule has 1 saturated heterocycles. The molecule has 0 saturated carbocycles. The molecule has 2 aromatic heterocycles. The molecule has 3 heterocycles. The molecule has 3 aromatic rings. The highest BCUT2D eigenvalue weighted by Crippen LogP contribution is 2.34. The lowest BCUT2D eigenvalue weighted by molar-refractivity contribution is 0.155. The normalized spacial score (nSPS) is 16.2. The van der Waals surface area contributed by atoms with Crippen LogP contribution in [0.25, 0.3) is 10.3 Å². The van der Waals surface area contributed by atoms with Crippen LogP contribution >= 0.6 is 23.1 Å². The van der Waals surface area contributed by atoms with Crippen LogP contribution in [0.1, 0.15) is 12.0 Å². The molecular weight excluding hydrogens is 436 g/mol. The van der Waals surface area contributed by atoms with Gasteiger partial charge in [-0.15, -0.1) is 0 Å². The number of likely N-dealkylation sites (tertiary alicyclic amines) is 1. The van der Waals surface area contributed by atoms with E-state index in [1.54, 1.807) is 0 Å². The van der Waals surface area contributed by atoms with Gasteiger partial charge in [0.15, 0.2) is 28.3 Å². The fourth-order valence-electron chi connectivity index (χ4n) is 3.08. The Labute approximate surface area is 178 Å². The summed E-state index contributed by atoms with van der Waals surface area (Å²) < 4.78 is 33.3. The van der Waals surface area contributed by atoms with Crippen LogP contribution in [0.2, 0.25) is 0 Å². The van der Waals surface area contributed by atoms with E-state index in [0.29, 0.717) is 46.0 Å². The zero-order chi connectivity index (χ0) is 21.3. The second-order valence-electron chi connectivity index (χ2n) is 6.55. The van der Waals surface area contributed by atoms with E-state index >= 15 is 0 Å². The molecule has 0 bridgehead atoms. The van der Waals surface area contributed by atoms with Crippen LogP contribution in [-0.4, -0.2) is 57.3 Å². The van der Waals surface area contributed by atoms with Crippen molar-refractivity contribution < 1.29 is 23.4 Å². The second-order valence-corrected chi connectivity index (χ2v) is 8.46. The third-order valence-corrected chi connectivity index (χ3v) is 6.49. The third kappa shape index (κ3) is 4.24. The number of hydrogen-bond donors (Lipinski definition) is 2. The summed E-state index contributed by atoms with van der Waals surface area (Å²) in [5, 5.41) is 13.2. The number of hydrogen-bond acceptors (Lipinski definition) is 8. The van der Waals surface area contributed by atoms with Crippen LogP contribution in [0.4, 0.5) is 19.4 Å². The molecule has 1 aromatic carbocycles. The summed E-state index contributed by atoms with van der Waals surface area (Å²) in [6, 6.07) is 3.92. The molecule has 8 nitrogen and oxygen atoms in total. The molecular formula is C18H17F2N5O3S2. The number of nitrogens with zero attached hydrogens (tertiary/aromatic N) is 4. The van der Waals surface area contributed by atoms with Crippen LogP contribution in [-0.2, 0) is 5.75 Å². The Morgan fingerprint density at radius 1 is 1.40 bits per heavy atom. The number of anilines is 1. The van der Waals surface area contributed by atoms with Crippen LogP contribution in [0.3, 0.4) is 0 Å². The smallest absolute Gasteiger partial charge is 0.407 e. The fraction of sp³-hybridized carbons (Fsp3) is 0.333. The molecule has 1 fully saturated rings. The van der Waals surface area contributed by atoms with E-state index in [-0.39, 0.29) is 17.4 Å². The summed E-state index contributed by atoms with van der Waals surface area (Å²) in [4.78, 5) is 25.7. The van der Waals surface area contributed by atoms with E-state index in [2.05, 4.69) is 20.3 Å². The first-order chi connectivity index (χ1) is 14.4. The monoisotopic (exact) mass is 453 g/mol. The lowest BCUT2D eigenvalue weighted by Gasteiger charge is -2.15. The minimum absolute atomic E-state index is 0.106. The quantitative estimate of drug-likeness (QED) is 0.429. The Bertz CT molecular complexity index is 1100. The third-order valence-electron chi connectivity index (χ3n) is 4.58. The average Bonchev–Trinajstić information content (AvgIpc) is 3.36. The zero-order valence-corrected chi connectivity index (χ0v) is 17.4. The maximum Gasteiger partial charge on any atom is 0.407 e. The van der Waals surface area contributed by atoms with E-state index < -0.39 is 17.7 Å². The number of halogens is 2. The Morgan fingerprint density at radius 3 is 2.97 bits per heavy atom. The number of nitrogens with one attached hydrogen (secondary N) is 1. The first kappa shape index (κ1) is 20.5. The van der Waals surface area contributed by atoms with Crippen molar-refractivity contribution in [2.24, 2.45) is 0 Å². The number of thioether (sulfide) groups is 1. The topological polar surface area (TPSA) is 100 Å². The highest BCUT2D eigenvalue weighted by molar-refractivity contribution is 7.98. The van der Waals surface area contributed by atoms with Crippen molar-refractivity contribution in [3.63, 3.8) is 0 Å². The Morgan fingerprint density at radius 2 is 2.23 bits per heavy atom. The van der Waals surface area contributed by atoms with Gasteiger partial charge in [-0.05, 0) is 12.5 Å². The highest BCUT2D eigenvalue weighted by atomic mass is 32.2. The molecule has 158 valence electrons. The summed E-state index contributed by atoms with van der Waals surface area (Å²) in [6.45, 7) is 0.779. The maximum atomic E-state index is 13.9. The second kappa shape index (κ2) is 8.56. The SMILES string of the molecule is COc1nc2nc(SCc3cccc(F)c3F)nc(N[C@@H]3CCN(C(=O)O)C3)c2s1. The van der Waals surface area contributed by atoms with Gasteiger partial charge in [0.25, 0.3) is 5.19 Å². The van der Waals surface area contributed by atoms with Gasteiger partial charge < -0.3 is 20.1 Å². The Hall–Kier alpha value is -2.73. The van der Waals surface area contributed by atoms with Gasteiger partial charge in [-0.1, -0.05) is 35.2 Å². The molecule has 30 heavy (non-hydrogen) atoms. The summed E-state index contributed by atoms with van der Waals surface area (Å²) in [5.41, 5.74) is 0.631. The van der Waals surface area contributed by atoms with E-state index in [1.807, 2.05) is 0 Å². The Balaban J connectivity index is 1.59. The minimum Gasteiger partial charge on any atom is -0.473 e. The molecule has 0 radical (unpaired) electrons. The minimum atomic E-state index is -0.958. The number of thiazole rings is 1. The lowest BCUT2D eigenvalue weighted by Crippen LogP contribution is -2.30. The molecule has 0 spiro atoms. The van der Waals surface area contributed by atoms with Gasteiger partial charge in [0.2, 0.25) is 0 Å². The molecule has 1 atom stereocenters. The average molecular weight is 453 g/mol. The van der Waals surface area contributed by atoms with E-state index in [4.69, 9.17) is 9.84 Å². The van der Waals surface area contributed by atoms with Gasteiger partial charge >= 0.3 is 6.09 Å². The van der Waals surface area contributed by atoms with Crippen LogP contribution in [0, 0.1) is 11.6 Å². The number of carbonyl (C=O) groups is 1. The summed E-state index contributed by atoms with van der Waals surface area (Å²) in [6.07, 6.45) is -0.315. The number of methoxy groups -OCH3 is 1. The maximum absolute atomic E-state index is 13.9. The van der Waals surface area contributed by atoms with Crippen LogP contribution in [0.15, 0.2) is 23.4 Å². The number of rotatable bonds is 6. The zero-order valence-electron chi connectivity index (χ0n) is 15.8. The number of carboxylic acid groups (broad SMARTS) is 1. The van der Waals surface area contributed by atoms with Crippen molar-refractivity contribution >= 4 is 45.4 Å². The van der Waals surface area contributed by atoms with Crippen molar-refractivity contribution in [1.29, 1.82) is 0 Å². The lowest BCUT2D eigenvalue weighted by atomic mass is 10.2. The van der Waals surface area contributed by atoms with Gasteiger partial charge in [-0.2, -0.15) is 4.98 Å². The summed E-state index contributed by atoms with van der Waals surface area (Å²) >= 11 is 2.43. The first-order valence-electron chi connectivity index (χ1n) is 8.97. The van der Waals surface area contributed by atoms with Gasteiger partial charge in [0.05, 0.1) is 7.11 Å². The molecule has 4 rings (SSSR count). The number of amides is 1. The highest BCUT2D eigenvalue weighted by Gasteiger charge is 2.27. The van der Waals surface area contributed by atoms with Crippen LogP contribution < -0.4 is 10.1 Å². The number of benzene rings is 1. The summed E-state index contributed by atoms with van der Waals surface area (Å²) in [5.74, 6) is -1.13. The molecule has 2 N–H and O–H groups in total. The molecule has 12 heteroatoms. The first-order valence-corrected chi connectivity index (χ1v) is 10.8. The largest absolute Gasteiger partial charge is 0.473 e. The van der Waals surface area contributed by atoms with Crippen molar-refractivity contribution in [2.45, 2.75) is 23.4 Å². The molecule has 1 aliphatic heterocycles. The van der Waals surface area contributed by atoms with E-state index in [9.17, 15) is 13.6 Å². The van der Waals surface area contributed by atoms with Crippen molar-refractivity contribution in [3.8, 4) is 5.19 Å². The predicted molar refractivity (Wildman–Crippen MR) is 109 cm³/mol. The predicted octanol–water partition coefficient (Wildman–Crippen LogP) is 3.83. The number of fused-ring (bicyclic) bond motifs is 1. The van der Waals surface area contributed by atoms with Crippen LogP contribution in [0.5, 0.6) is 5.19 Å². The molecule has 0 unspecified atom stereocenters. The van der Waals surface area contributed by atoms with Gasteiger partial charge in [-0.25, -0.2) is 23.5 Å². The van der Waals surface area contributed by atoms with Gasteiger partial charge in [0, 0.05) is 30.4 Å². The molecule has 0 aliphatic carbocycles. The van der Waals surface area contributed by atoms with Gasteiger partial charge in [-0.3, -0.25) is 0 Å². The standard InChI is InChI=1S/C18H17F2N5O3S2/c1-28-17-24-15-13(30-17)14(21-10-5-6-25(7-10)18(26)27)22-16(23-15)29-8-9-3-2-4-11(19)12(9)20/h2-4,10H,5-8H2,1H3,(H,26,27)(H,21,22,23)/t10-/m1/s1. The van der Waals surface area contributed by atoms with Crippen molar-refractivity contribution in [3.05, 3.63) is 35.4 Å². The van der Waals surface area contributed by atoms with Gasteiger partial charge in [0.1, 0.15) is 4.70 Å².